The average Bonchev–Trinajstić information content (AvgIpc) is 1.65. The second-order valence-corrected chi connectivity index (χ2v) is 1.32. The van der Waals surface area contributed by atoms with Gasteiger partial charge in [-0.1, -0.05) is 6.92 Å². The van der Waals surface area contributed by atoms with Gasteiger partial charge in [-0.05, 0) is 0 Å². The van der Waals surface area contributed by atoms with Gasteiger partial charge < -0.3 is 4.74 Å². The van der Waals surface area contributed by atoms with Gasteiger partial charge in [-0.15, -0.1) is 0 Å². The summed E-state index contributed by atoms with van der Waals surface area (Å²) < 4.78 is 4.12. The lowest BCUT2D eigenvalue weighted by Gasteiger charge is -1.92. The first-order valence-corrected chi connectivity index (χ1v) is 2.38. The van der Waals surface area contributed by atoms with E-state index in [0.29, 0.717) is 0 Å². The fourth-order valence-corrected chi connectivity index (χ4v) is 0.232. The highest BCUT2D eigenvalue weighted by molar-refractivity contribution is 5.83. The molecular formula is C5H8O3. The van der Waals surface area contributed by atoms with Crippen molar-refractivity contribution in [1.29, 1.82) is 0 Å². The van der Waals surface area contributed by atoms with E-state index in [1.807, 2.05) is 0 Å². The molecule has 0 aliphatic rings. The summed E-state index contributed by atoms with van der Waals surface area (Å²) in [6.45, 7) is 2.83. The van der Waals surface area contributed by atoms with E-state index in [9.17, 15) is 9.59 Å². The van der Waals surface area contributed by atoms with Crippen molar-refractivity contribution in [2.45, 2.75) is 20.3 Å². The van der Waals surface area contributed by atoms with Crippen LogP contribution in [0.5, 0.6) is 0 Å². The lowest BCUT2D eigenvalue weighted by atomic mass is 10.5. The van der Waals surface area contributed by atoms with Gasteiger partial charge >= 0.3 is 11.9 Å². The molecule has 0 saturated carbocycles. The molecule has 0 radical (unpaired) electrons. The third-order valence-corrected chi connectivity index (χ3v) is 0.546. The zero-order chi connectivity index (χ0) is 6.57. The van der Waals surface area contributed by atoms with E-state index in [4.69, 9.17) is 0 Å². The highest BCUT2D eigenvalue weighted by Crippen LogP contribution is 1.82. The lowest BCUT2D eigenvalue weighted by Crippen LogP contribution is -2.06. The van der Waals surface area contributed by atoms with Crippen LogP contribution in [-0.4, -0.2) is 11.9 Å². The van der Waals surface area contributed by atoms with Crippen molar-refractivity contribution in [1.82, 2.24) is 0 Å². The Hall–Kier alpha value is -0.860. The van der Waals surface area contributed by atoms with E-state index in [-0.39, 0.29) is 6.42 Å². The highest BCUT2D eigenvalue weighted by Gasteiger charge is 1.99. The maximum Gasteiger partial charge on any atom is 0.313 e. The Bertz CT molecular complexity index is 106. The average molecular weight is 116 g/mol. The third-order valence-electron chi connectivity index (χ3n) is 0.546. The van der Waals surface area contributed by atoms with Gasteiger partial charge in [-0.25, -0.2) is 0 Å². The van der Waals surface area contributed by atoms with E-state index in [0.717, 1.165) is 0 Å². The molecule has 8 heavy (non-hydrogen) atoms. The van der Waals surface area contributed by atoms with Crippen molar-refractivity contribution in [3.05, 3.63) is 0 Å². The van der Waals surface area contributed by atoms with E-state index < -0.39 is 11.9 Å². The number of ether oxygens (including phenoxy) is 1. The first-order chi connectivity index (χ1) is 3.66. The molecular weight excluding hydrogens is 108 g/mol. The van der Waals surface area contributed by atoms with Crippen molar-refractivity contribution in [3.63, 3.8) is 0 Å². The highest BCUT2D eigenvalue weighted by atomic mass is 16.6. The van der Waals surface area contributed by atoms with E-state index in [2.05, 4.69) is 4.74 Å². The van der Waals surface area contributed by atoms with Gasteiger partial charge in [0.1, 0.15) is 0 Å². The van der Waals surface area contributed by atoms with Gasteiger partial charge in [-0.2, -0.15) is 0 Å². The molecule has 46 valence electrons. The van der Waals surface area contributed by atoms with E-state index in [1.165, 1.54) is 6.92 Å². The number of hydrogen-bond donors (Lipinski definition) is 0. The van der Waals surface area contributed by atoms with Crippen LogP contribution in [-0.2, 0) is 14.3 Å². The second-order valence-electron chi connectivity index (χ2n) is 1.32. The van der Waals surface area contributed by atoms with Crippen LogP contribution in [0.15, 0.2) is 0 Å². The molecule has 0 bridgehead atoms. The zero-order valence-electron chi connectivity index (χ0n) is 4.93. The molecule has 0 saturated heterocycles. The first kappa shape index (κ1) is 7.14. The van der Waals surface area contributed by atoms with Crippen molar-refractivity contribution in [3.8, 4) is 0 Å². The number of carbonyl (C=O) groups is 2. The minimum absolute atomic E-state index is 0.250. The molecule has 0 amide bonds. The van der Waals surface area contributed by atoms with Crippen LogP contribution < -0.4 is 0 Å². The Kier molecular flexibility index (Phi) is 2.84. The molecule has 0 rings (SSSR count). The first-order valence-electron chi connectivity index (χ1n) is 2.38. The van der Waals surface area contributed by atoms with E-state index >= 15 is 0 Å². The van der Waals surface area contributed by atoms with E-state index in [1.54, 1.807) is 6.92 Å². The van der Waals surface area contributed by atoms with Crippen molar-refractivity contribution >= 4 is 11.9 Å². The molecule has 0 N–H and O–H groups in total. The summed E-state index contributed by atoms with van der Waals surface area (Å²) in [5.74, 6) is -1.02. The molecule has 0 aliphatic carbocycles. The fourth-order valence-electron chi connectivity index (χ4n) is 0.232. The van der Waals surface area contributed by atoms with Gasteiger partial charge in [0.2, 0.25) is 0 Å². The normalized spacial score (nSPS) is 8.25. The van der Waals surface area contributed by atoms with Crippen molar-refractivity contribution < 1.29 is 14.3 Å². The smallest absolute Gasteiger partial charge is 0.313 e. The predicted molar refractivity (Wildman–Crippen MR) is 27.1 cm³/mol. The second kappa shape index (κ2) is 3.18. The van der Waals surface area contributed by atoms with Gasteiger partial charge in [0, 0.05) is 13.3 Å². The minimum Gasteiger partial charge on any atom is -0.393 e. The summed E-state index contributed by atoms with van der Waals surface area (Å²) in [5, 5.41) is 0. The summed E-state index contributed by atoms with van der Waals surface area (Å²) in [6, 6.07) is 0. The van der Waals surface area contributed by atoms with Gasteiger partial charge in [0.05, 0.1) is 0 Å². The van der Waals surface area contributed by atoms with Crippen LogP contribution in [0.25, 0.3) is 0 Å². The molecule has 3 heteroatoms. The maximum atomic E-state index is 10.2. The summed E-state index contributed by atoms with van der Waals surface area (Å²) in [6.07, 6.45) is 0.250. The Labute approximate surface area is 47.6 Å². The van der Waals surface area contributed by atoms with Crippen LogP contribution in [0, 0.1) is 0 Å². The summed E-state index contributed by atoms with van der Waals surface area (Å²) in [4.78, 5) is 20.1. The van der Waals surface area contributed by atoms with Crippen molar-refractivity contribution in [2.24, 2.45) is 0 Å². The SMILES string of the molecule is CCC(=O)OC(C)=O. The summed E-state index contributed by atoms with van der Waals surface area (Å²) in [7, 11) is 0. The Balaban J connectivity index is 3.40. The molecule has 0 fully saturated rings. The van der Waals surface area contributed by atoms with Gasteiger partial charge in [0.15, 0.2) is 0 Å². The predicted octanol–water partition coefficient (Wildman–Crippen LogP) is 0.486. The molecule has 0 unspecified atom stereocenters. The van der Waals surface area contributed by atoms with Crippen LogP contribution >= 0.6 is 0 Å². The number of hydrogen-bond acceptors (Lipinski definition) is 3. The van der Waals surface area contributed by atoms with Crippen LogP contribution in [0.2, 0.25) is 0 Å². The number of esters is 2. The monoisotopic (exact) mass is 116 g/mol. The zero-order valence-corrected chi connectivity index (χ0v) is 4.93. The van der Waals surface area contributed by atoms with Gasteiger partial charge in [0.25, 0.3) is 0 Å². The Morgan fingerprint density at radius 1 is 1.50 bits per heavy atom. The fraction of sp³-hybridized carbons (Fsp3) is 0.600. The largest absolute Gasteiger partial charge is 0.393 e. The maximum absolute atomic E-state index is 10.2. The molecule has 0 aromatic carbocycles. The van der Waals surface area contributed by atoms with Crippen LogP contribution in [0.3, 0.4) is 0 Å². The Morgan fingerprint density at radius 3 is 2.12 bits per heavy atom. The topological polar surface area (TPSA) is 43.4 Å². The quantitative estimate of drug-likeness (QED) is 0.370. The molecule has 0 heterocycles. The van der Waals surface area contributed by atoms with Crippen LogP contribution in [0.4, 0.5) is 0 Å². The number of rotatable bonds is 1. The minimum atomic E-state index is -0.545. The number of carbonyl (C=O) groups excluding carboxylic acids is 2. The lowest BCUT2D eigenvalue weighted by molar-refractivity contribution is -0.157. The molecule has 0 aliphatic heterocycles. The molecule has 0 aromatic heterocycles. The molecule has 0 atom stereocenters. The Morgan fingerprint density at radius 2 is 2.00 bits per heavy atom. The third kappa shape index (κ3) is 3.33. The molecule has 0 aromatic rings. The van der Waals surface area contributed by atoms with Crippen LogP contribution in [0.1, 0.15) is 20.3 Å². The summed E-state index contributed by atoms with van der Waals surface area (Å²) in [5.41, 5.74) is 0. The van der Waals surface area contributed by atoms with Crippen molar-refractivity contribution in [2.75, 3.05) is 0 Å². The molecule has 0 spiro atoms. The summed E-state index contributed by atoms with van der Waals surface area (Å²) >= 11 is 0. The van der Waals surface area contributed by atoms with Gasteiger partial charge in [-0.3, -0.25) is 9.59 Å². The standard InChI is InChI=1S/C5H8O3/c1-3-5(7)8-4(2)6/h3H2,1-2H3. The molecule has 3 nitrogen and oxygen atoms in total.